The maximum atomic E-state index is 12.2. The molecule has 1 rings (SSSR count). The van der Waals surface area contributed by atoms with Gasteiger partial charge in [-0.2, -0.15) is 0 Å². The average molecular weight is 287 g/mol. The van der Waals surface area contributed by atoms with Crippen LogP contribution in [0.15, 0.2) is 18.2 Å². The summed E-state index contributed by atoms with van der Waals surface area (Å²) in [5.74, 6) is 5.45. The lowest BCUT2D eigenvalue weighted by Crippen LogP contribution is -2.32. The predicted molar refractivity (Wildman–Crippen MR) is 86.2 cm³/mol. The standard InChI is InChI=1S/C18H25NO2/c1-4-5-6-8-15(3)19-18(21)17-11-10-16(9-7-12-20)14(2)13-17/h10-11,13,15,20H,4-6,8,12H2,1-3H3,(H,19,21). The van der Waals surface area contributed by atoms with Gasteiger partial charge in [0.25, 0.3) is 5.91 Å². The molecular weight excluding hydrogens is 262 g/mol. The molecular formula is C18H25NO2. The minimum Gasteiger partial charge on any atom is -0.384 e. The van der Waals surface area contributed by atoms with Gasteiger partial charge in [0.05, 0.1) is 0 Å². The van der Waals surface area contributed by atoms with Crippen LogP contribution >= 0.6 is 0 Å². The number of aliphatic hydroxyl groups is 1. The second kappa shape index (κ2) is 9.20. The zero-order valence-electron chi connectivity index (χ0n) is 13.2. The van der Waals surface area contributed by atoms with Crippen LogP contribution < -0.4 is 5.32 Å². The Morgan fingerprint density at radius 1 is 1.38 bits per heavy atom. The van der Waals surface area contributed by atoms with Crippen molar-refractivity contribution in [2.75, 3.05) is 6.61 Å². The third-order valence-electron chi connectivity index (χ3n) is 3.41. The van der Waals surface area contributed by atoms with E-state index in [2.05, 4.69) is 24.1 Å². The second-order valence-electron chi connectivity index (χ2n) is 5.36. The van der Waals surface area contributed by atoms with Gasteiger partial charge < -0.3 is 10.4 Å². The summed E-state index contributed by atoms with van der Waals surface area (Å²) < 4.78 is 0. The number of aryl methyl sites for hydroxylation is 1. The zero-order valence-corrected chi connectivity index (χ0v) is 13.2. The maximum Gasteiger partial charge on any atom is 0.251 e. The minimum absolute atomic E-state index is 0.0382. The molecule has 1 unspecified atom stereocenters. The highest BCUT2D eigenvalue weighted by Gasteiger charge is 2.10. The molecule has 0 fully saturated rings. The molecule has 2 N–H and O–H groups in total. The monoisotopic (exact) mass is 287 g/mol. The van der Waals surface area contributed by atoms with Crippen LogP contribution in [0.5, 0.6) is 0 Å². The Labute approximate surface area is 127 Å². The van der Waals surface area contributed by atoms with E-state index < -0.39 is 0 Å². The van der Waals surface area contributed by atoms with E-state index in [1.165, 1.54) is 12.8 Å². The van der Waals surface area contributed by atoms with Crippen LogP contribution in [-0.4, -0.2) is 23.7 Å². The highest BCUT2D eigenvalue weighted by molar-refractivity contribution is 5.94. The molecule has 0 radical (unpaired) electrons. The van der Waals surface area contributed by atoms with E-state index in [0.29, 0.717) is 5.56 Å². The van der Waals surface area contributed by atoms with Crippen LogP contribution in [0, 0.1) is 18.8 Å². The Morgan fingerprint density at radius 2 is 2.14 bits per heavy atom. The first-order chi connectivity index (χ1) is 10.1. The summed E-state index contributed by atoms with van der Waals surface area (Å²) in [5, 5.41) is 11.7. The summed E-state index contributed by atoms with van der Waals surface area (Å²) in [6.45, 7) is 5.98. The van der Waals surface area contributed by atoms with E-state index >= 15 is 0 Å². The SMILES string of the molecule is CCCCCC(C)NC(=O)c1ccc(C#CCO)c(C)c1. The van der Waals surface area contributed by atoms with Crippen LogP contribution in [0.4, 0.5) is 0 Å². The number of hydrogen-bond acceptors (Lipinski definition) is 2. The lowest BCUT2D eigenvalue weighted by molar-refractivity contribution is 0.0938. The molecule has 0 saturated heterocycles. The molecule has 0 heterocycles. The van der Waals surface area contributed by atoms with E-state index in [1.807, 2.05) is 26.0 Å². The molecule has 114 valence electrons. The van der Waals surface area contributed by atoms with E-state index in [-0.39, 0.29) is 18.6 Å². The molecule has 0 aliphatic rings. The van der Waals surface area contributed by atoms with Crippen molar-refractivity contribution >= 4 is 5.91 Å². The van der Waals surface area contributed by atoms with Crippen molar-refractivity contribution in [3.05, 3.63) is 34.9 Å². The summed E-state index contributed by atoms with van der Waals surface area (Å²) in [7, 11) is 0. The fraction of sp³-hybridized carbons (Fsp3) is 0.500. The number of hydrogen-bond donors (Lipinski definition) is 2. The zero-order chi connectivity index (χ0) is 15.7. The van der Waals surface area contributed by atoms with Gasteiger partial charge in [-0.15, -0.1) is 0 Å². The number of nitrogens with one attached hydrogen (secondary N) is 1. The van der Waals surface area contributed by atoms with E-state index in [4.69, 9.17) is 5.11 Å². The van der Waals surface area contributed by atoms with Crippen LogP contribution in [0.3, 0.4) is 0 Å². The van der Waals surface area contributed by atoms with E-state index in [1.54, 1.807) is 6.07 Å². The van der Waals surface area contributed by atoms with E-state index in [9.17, 15) is 4.79 Å². The number of benzene rings is 1. The first kappa shape index (κ1) is 17.3. The van der Waals surface area contributed by atoms with Gasteiger partial charge in [-0.05, 0) is 44.0 Å². The summed E-state index contributed by atoms with van der Waals surface area (Å²) in [6, 6.07) is 5.64. The largest absolute Gasteiger partial charge is 0.384 e. The van der Waals surface area contributed by atoms with Crippen LogP contribution in [0.2, 0.25) is 0 Å². The first-order valence-electron chi connectivity index (χ1n) is 7.59. The lowest BCUT2D eigenvalue weighted by atomic mass is 10.0. The highest BCUT2D eigenvalue weighted by atomic mass is 16.2. The van der Waals surface area contributed by atoms with Gasteiger partial charge in [0.1, 0.15) is 6.61 Å². The van der Waals surface area contributed by atoms with Crippen molar-refractivity contribution in [1.29, 1.82) is 0 Å². The quantitative estimate of drug-likeness (QED) is 0.624. The molecule has 0 spiro atoms. The topological polar surface area (TPSA) is 49.3 Å². The van der Waals surface area contributed by atoms with Crippen LogP contribution in [0.1, 0.15) is 61.0 Å². The van der Waals surface area contributed by atoms with Gasteiger partial charge in [0, 0.05) is 17.2 Å². The van der Waals surface area contributed by atoms with Gasteiger partial charge >= 0.3 is 0 Å². The smallest absolute Gasteiger partial charge is 0.251 e. The van der Waals surface area contributed by atoms with Crippen molar-refractivity contribution in [3.63, 3.8) is 0 Å². The predicted octanol–water partition coefficient (Wildman–Crippen LogP) is 3.04. The molecule has 1 amide bonds. The maximum absolute atomic E-state index is 12.2. The first-order valence-corrected chi connectivity index (χ1v) is 7.59. The summed E-state index contributed by atoms with van der Waals surface area (Å²) >= 11 is 0. The van der Waals surface area contributed by atoms with Gasteiger partial charge in [0.15, 0.2) is 0 Å². The van der Waals surface area contributed by atoms with Gasteiger partial charge in [0.2, 0.25) is 0 Å². The number of unbranched alkanes of at least 4 members (excludes halogenated alkanes) is 2. The molecule has 0 aromatic heterocycles. The molecule has 0 bridgehead atoms. The normalized spacial score (nSPS) is 11.4. The third-order valence-corrected chi connectivity index (χ3v) is 3.41. The number of carbonyl (C=O) groups is 1. The molecule has 21 heavy (non-hydrogen) atoms. The molecule has 1 aromatic carbocycles. The second-order valence-corrected chi connectivity index (χ2v) is 5.36. The number of aliphatic hydroxyl groups excluding tert-OH is 1. The van der Waals surface area contributed by atoms with Crippen molar-refractivity contribution < 1.29 is 9.90 Å². The lowest BCUT2D eigenvalue weighted by Gasteiger charge is -2.14. The minimum atomic E-state index is -0.156. The van der Waals surface area contributed by atoms with Gasteiger partial charge in [-0.3, -0.25) is 4.79 Å². The van der Waals surface area contributed by atoms with Crippen LogP contribution in [-0.2, 0) is 0 Å². The Kier molecular flexibility index (Phi) is 7.56. The number of carbonyl (C=O) groups excluding carboxylic acids is 1. The van der Waals surface area contributed by atoms with Gasteiger partial charge in [-0.25, -0.2) is 0 Å². The highest BCUT2D eigenvalue weighted by Crippen LogP contribution is 2.11. The van der Waals surface area contributed by atoms with Crippen molar-refractivity contribution in [3.8, 4) is 11.8 Å². The third kappa shape index (κ3) is 6.01. The van der Waals surface area contributed by atoms with Crippen molar-refractivity contribution in [1.82, 2.24) is 5.32 Å². The fourth-order valence-electron chi connectivity index (χ4n) is 2.16. The summed E-state index contributed by atoms with van der Waals surface area (Å²) in [5.41, 5.74) is 2.45. The van der Waals surface area contributed by atoms with Crippen LogP contribution in [0.25, 0.3) is 0 Å². The van der Waals surface area contributed by atoms with E-state index in [0.717, 1.165) is 24.0 Å². The van der Waals surface area contributed by atoms with Crippen molar-refractivity contribution in [2.24, 2.45) is 0 Å². The molecule has 3 heteroatoms. The fourth-order valence-corrected chi connectivity index (χ4v) is 2.16. The Balaban J connectivity index is 2.64. The Hall–Kier alpha value is -1.79. The number of rotatable bonds is 6. The number of amides is 1. The molecule has 1 aromatic rings. The molecule has 0 saturated carbocycles. The Bertz CT molecular complexity index is 526. The van der Waals surface area contributed by atoms with Gasteiger partial charge in [-0.1, -0.05) is 38.0 Å². The molecule has 0 aliphatic heterocycles. The molecule has 3 nitrogen and oxygen atoms in total. The Morgan fingerprint density at radius 3 is 2.76 bits per heavy atom. The summed E-state index contributed by atoms with van der Waals surface area (Å²) in [4.78, 5) is 12.2. The van der Waals surface area contributed by atoms with Crippen molar-refractivity contribution in [2.45, 2.75) is 52.5 Å². The average Bonchev–Trinajstić information content (AvgIpc) is 2.46. The molecule has 0 aliphatic carbocycles. The molecule has 1 atom stereocenters. The summed E-state index contributed by atoms with van der Waals surface area (Å²) in [6.07, 6.45) is 4.55.